The van der Waals surface area contributed by atoms with Crippen molar-refractivity contribution >= 4 is 15.7 Å². The zero-order valence-corrected chi connectivity index (χ0v) is 13.7. The molecule has 1 heterocycles. The van der Waals surface area contributed by atoms with Gasteiger partial charge in [-0.1, -0.05) is 13.8 Å². The number of nitrogens with two attached hydrogens (primary N) is 1. The van der Waals surface area contributed by atoms with E-state index in [1.54, 1.807) is 0 Å². The van der Waals surface area contributed by atoms with Crippen molar-refractivity contribution in [1.82, 2.24) is 4.31 Å². The van der Waals surface area contributed by atoms with Gasteiger partial charge in [0, 0.05) is 12.6 Å². The number of rotatable bonds is 2. The number of nitrogen functional groups attached to an aromatic ring is 1. The number of hydrogen-bond donors (Lipinski definition) is 1. The summed E-state index contributed by atoms with van der Waals surface area (Å²) in [6, 6.07) is 2.50. The minimum absolute atomic E-state index is 0.0715. The third kappa shape index (κ3) is 2.92. The zero-order chi connectivity index (χ0) is 15.9. The second-order valence-electron chi connectivity index (χ2n) is 6.28. The Balaban J connectivity index is 2.46. The van der Waals surface area contributed by atoms with E-state index >= 15 is 0 Å². The molecule has 2 rings (SSSR count). The molecule has 3 unspecified atom stereocenters. The van der Waals surface area contributed by atoms with Crippen LogP contribution in [0.15, 0.2) is 17.0 Å². The molecule has 0 saturated carbocycles. The van der Waals surface area contributed by atoms with Crippen molar-refractivity contribution in [1.29, 1.82) is 0 Å². The molecule has 0 amide bonds. The van der Waals surface area contributed by atoms with Crippen LogP contribution in [0.5, 0.6) is 0 Å². The predicted molar refractivity (Wildman–Crippen MR) is 81.8 cm³/mol. The first-order valence-corrected chi connectivity index (χ1v) is 8.66. The van der Waals surface area contributed by atoms with Gasteiger partial charge in [0.25, 0.3) is 0 Å². The van der Waals surface area contributed by atoms with Crippen molar-refractivity contribution in [2.45, 2.75) is 45.1 Å². The summed E-state index contributed by atoms with van der Waals surface area (Å²) in [5.41, 5.74) is 5.70. The molecule has 21 heavy (non-hydrogen) atoms. The fourth-order valence-electron chi connectivity index (χ4n) is 3.03. The number of halogens is 1. The summed E-state index contributed by atoms with van der Waals surface area (Å²) in [6.07, 6.45) is 1.01. The summed E-state index contributed by atoms with van der Waals surface area (Å²) in [7, 11) is -3.65. The Hall–Kier alpha value is -1.14. The summed E-state index contributed by atoms with van der Waals surface area (Å²) in [4.78, 5) is 0.0760. The molecule has 1 aromatic carbocycles. The molecule has 1 aliphatic heterocycles. The summed E-state index contributed by atoms with van der Waals surface area (Å²) in [5.74, 6) is 0.0506. The first-order chi connectivity index (χ1) is 9.64. The van der Waals surface area contributed by atoms with Crippen LogP contribution in [0.3, 0.4) is 0 Å². The third-order valence-corrected chi connectivity index (χ3v) is 6.34. The third-order valence-electron chi connectivity index (χ3n) is 4.41. The lowest BCUT2D eigenvalue weighted by molar-refractivity contribution is 0.157. The van der Waals surface area contributed by atoms with E-state index in [0.29, 0.717) is 18.4 Å². The maximum absolute atomic E-state index is 13.6. The van der Waals surface area contributed by atoms with E-state index in [-0.39, 0.29) is 22.2 Å². The van der Waals surface area contributed by atoms with Gasteiger partial charge in [-0.3, -0.25) is 0 Å². The number of aryl methyl sites for hydroxylation is 1. The van der Waals surface area contributed by atoms with Gasteiger partial charge in [-0.15, -0.1) is 0 Å². The lowest BCUT2D eigenvalue weighted by atomic mass is 9.88. The molecule has 6 heteroatoms. The predicted octanol–water partition coefficient (Wildman–Crippen LogP) is 2.77. The summed E-state index contributed by atoms with van der Waals surface area (Å²) < 4.78 is 40.8. The molecule has 1 saturated heterocycles. The Bertz CT molecular complexity index is 622. The summed E-state index contributed by atoms with van der Waals surface area (Å²) >= 11 is 0. The SMILES string of the molecule is Cc1cc(S(=O)(=O)N2CC(C)CC(C)C2C)cc(N)c1F. The van der Waals surface area contributed by atoms with E-state index in [1.807, 2.05) is 6.92 Å². The molecule has 0 bridgehead atoms. The van der Waals surface area contributed by atoms with Gasteiger partial charge in [0.05, 0.1) is 10.6 Å². The standard InChI is InChI=1S/C15H23FN2O2S/c1-9-5-10(2)12(4)18(8-9)21(19,20)13-6-11(3)15(16)14(17)7-13/h6-7,9-10,12H,5,8,17H2,1-4H3. The average molecular weight is 314 g/mol. The number of sulfonamides is 1. The molecule has 0 radical (unpaired) electrons. The highest BCUT2D eigenvalue weighted by molar-refractivity contribution is 7.89. The van der Waals surface area contributed by atoms with Gasteiger partial charge in [-0.2, -0.15) is 4.31 Å². The highest BCUT2D eigenvalue weighted by Crippen LogP contribution is 2.32. The highest BCUT2D eigenvalue weighted by Gasteiger charge is 2.37. The molecule has 2 N–H and O–H groups in total. The largest absolute Gasteiger partial charge is 0.396 e. The number of anilines is 1. The smallest absolute Gasteiger partial charge is 0.243 e. The van der Waals surface area contributed by atoms with Gasteiger partial charge in [0.1, 0.15) is 5.82 Å². The average Bonchev–Trinajstić information content (AvgIpc) is 2.39. The molecular weight excluding hydrogens is 291 g/mol. The molecule has 0 spiro atoms. The minimum Gasteiger partial charge on any atom is -0.396 e. The van der Waals surface area contributed by atoms with Crippen molar-refractivity contribution in [2.75, 3.05) is 12.3 Å². The van der Waals surface area contributed by atoms with Gasteiger partial charge in [0.15, 0.2) is 0 Å². The molecule has 0 aromatic heterocycles. The first kappa shape index (κ1) is 16.2. The normalized spacial score (nSPS) is 27.8. The Morgan fingerprint density at radius 1 is 1.29 bits per heavy atom. The molecule has 4 nitrogen and oxygen atoms in total. The number of nitrogens with zero attached hydrogens (tertiary/aromatic N) is 1. The van der Waals surface area contributed by atoms with Crippen molar-refractivity contribution in [2.24, 2.45) is 11.8 Å². The van der Waals surface area contributed by atoms with Crippen molar-refractivity contribution in [3.05, 3.63) is 23.5 Å². The molecule has 3 atom stereocenters. The Labute approximate surface area is 126 Å². The van der Waals surface area contributed by atoms with Crippen LogP contribution in [0.2, 0.25) is 0 Å². The zero-order valence-electron chi connectivity index (χ0n) is 12.9. The monoisotopic (exact) mass is 314 g/mol. The lowest BCUT2D eigenvalue weighted by Gasteiger charge is -2.40. The molecular formula is C15H23FN2O2S. The highest BCUT2D eigenvalue weighted by atomic mass is 32.2. The summed E-state index contributed by atoms with van der Waals surface area (Å²) in [6.45, 7) is 8.05. The van der Waals surface area contributed by atoms with Gasteiger partial charge in [0.2, 0.25) is 10.0 Å². The van der Waals surface area contributed by atoms with E-state index in [9.17, 15) is 12.8 Å². The van der Waals surface area contributed by atoms with E-state index in [0.717, 1.165) is 6.42 Å². The van der Waals surface area contributed by atoms with Crippen LogP contribution in [0.25, 0.3) is 0 Å². The lowest BCUT2D eigenvalue weighted by Crippen LogP contribution is -2.48. The van der Waals surface area contributed by atoms with E-state index in [4.69, 9.17) is 5.73 Å². The van der Waals surface area contributed by atoms with Crippen LogP contribution in [-0.2, 0) is 10.0 Å². The van der Waals surface area contributed by atoms with Crippen LogP contribution in [0.4, 0.5) is 10.1 Å². The first-order valence-electron chi connectivity index (χ1n) is 7.22. The molecule has 0 aliphatic carbocycles. The minimum atomic E-state index is -3.65. The summed E-state index contributed by atoms with van der Waals surface area (Å²) in [5, 5.41) is 0. The number of piperidine rings is 1. The van der Waals surface area contributed by atoms with Crippen molar-refractivity contribution in [3.8, 4) is 0 Å². The van der Waals surface area contributed by atoms with Gasteiger partial charge >= 0.3 is 0 Å². The van der Waals surface area contributed by atoms with Crippen molar-refractivity contribution in [3.63, 3.8) is 0 Å². The van der Waals surface area contributed by atoms with E-state index in [2.05, 4.69) is 13.8 Å². The Morgan fingerprint density at radius 2 is 1.90 bits per heavy atom. The van der Waals surface area contributed by atoms with Crippen LogP contribution in [-0.4, -0.2) is 25.3 Å². The molecule has 118 valence electrons. The van der Waals surface area contributed by atoms with Crippen LogP contribution in [0.1, 0.15) is 32.8 Å². The van der Waals surface area contributed by atoms with Crippen molar-refractivity contribution < 1.29 is 12.8 Å². The van der Waals surface area contributed by atoms with Gasteiger partial charge in [-0.25, -0.2) is 12.8 Å². The Morgan fingerprint density at radius 3 is 2.48 bits per heavy atom. The molecule has 1 aliphatic rings. The molecule has 1 aromatic rings. The van der Waals surface area contributed by atoms with E-state index in [1.165, 1.54) is 23.4 Å². The maximum Gasteiger partial charge on any atom is 0.243 e. The Kier molecular flexibility index (Phi) is 4.31. The van der Waals surface area contributed by atoms with Gasteiger partial charge < -0.3 is 5.73 Å². The van der Waals surface area contributed by atoms with Crippen LogP contribution < -0.4 is 5.73 Å². The number of hydrogen-bond acceptors (Lipinski definition) is 3. The fourth-order valence-corrected chi connectivity index (χ4v) is 5.00. The number of benzene rings is 1. The maximum atomic E-state index is 13.6. The topological polar surface area (TPSA) is 63.4 Å². The van der Waals surface area contributed by atoms with E-state index < -0.39 is 15.8 Å². The van der Waals surface area contributed by atoms with Gasteiger partial charge in [-0.05, 0) is 49.8 Å². The molecule has 1 fully saturated rings. The van der Waals surface area contributed by atoms with Crippen LogP contribution >= 0.6 is 0 Å². The second-order valence-corrected chi connectivity index (χ2v) is 8.17. The van der Waals surface area contributed by atoms with Crippen LogP contribution in [0, 0.1) is 24.6 Å². The fraction of sp³-hybridized carbons (Fsp3) is 0.600. The quantitative estimate of drug-likeness (QED) is 0.854. The second kappa shape index (κ2) is 5.57.